The quantitative estimate of drug-likeness (QED) is 0.454. The lowest BCUT2D eigenvalue weighted by molar-refractivity contribution is -0.137. The molecule has 1 fully saturated rings. The van der Waals surface area contributed by atoms with Crippen molar-refractivity contribution in [1.29, 1.82) is 0 Å². The van der Waals surface area contributed by atoms with Gasteiger partial charge in [-0.25, -0.2) is 0 Å². The van der Waals surface area contributed by atoms with Crippen LogP contribution in [0.1, 0.15) is 49.5 Å². The van der Waals surface area contributed by atoms with Crippen LogP contribution >= 0.6 is 0 Å². The van der Waals surface area contributed by atoms with Gasteiger partial charge in [0.1, 0.15) is 11.9 Å². The zero-order chi connectivity index (χ0) is 26.4. The van der Waals surface area contributed by atoms with Crippen molar-refractivity contribution < 1.29 is 32.3 Å². The van der Waals surface area contributed by atoms with Gasteiger partial charge in [-0.15, -0.1) is 0 Å². The molecule has 4 rings (SSSR count). The van der Waals surface area contributed by atoms with E-state index in [1.54, 1.807) is 59.5 Å². The number of hydrogen-bond acceptors (Lipinski definition) is 4. The maximum absolute atomic E-state index is 12.8. The molecule has 9 heteroatoms. The molecule has 0 bridgehead atoms. The molecular weight excluding hydrogens is 485 g/mol. The third-order valence-corrected chi connectivity index (χ3v) is 6.12. The van der Waals surface area contributed by atoms with Gasteiger partial charge in [-0.3, -0.25) is 14.4 Å². The minimum absolute atomic E-state index is 0.151. The molecule has 0 aliphatic carbocycles. The summed E-state index contributed by atoms with van der Waals surface area (Å²) >= 11 is 0. The largest absolute Gasteiger partial charge is 0.489 e. The first-order chi connectivity index (χ1) is 17.7. The molecule has 6 nitrogen and oxygen atoms in total. The summed E-state index contributed by atoms with van der Waals surface area (Å²) in [5, 5.41) is 2.64. The predicted molar refractivity (Wildman–Crippen MR) is 131 cm³/mol. The Bertz CT molecular complexity index is 1250. The van der Waals surface area contributed by atoms with Crippen molar-refractivity contribution in [2.45, 2.75) is 25.1 Å². The van der Waals surface area contributed by atoms with Gasteiger partial charge in [0.15, 0.2) is 5.78 Å². The second-order valence-electron chi connectivity index (χ2n) is 8.65. The highest BCUT2D eigenvalue weighted by molar-refractivity contribution is 6.03. The molecule has 2 amide bonds. The van der Waals surface area contributed by atoms with E-state index in [9.17, 15) is 27.6 Å². The van der Waals surface area contributed by atoms with Gasteiger partial charge in [0.25, 0.3) is 11.8 Å². The first-order valence-electron chi connectivity index (χ1n) is 11.8. The number of alkyl halides is 3. The van der Waals surface area contributed by atoms with Gasteiger partial charge in [-0.05, 0) is 36.4 Å². The van der Waals surface area contributed by atoms with Gasteiger partial charge in [-0.1, -0.05) is 42.5 Å². The average molecular weight is 511 g/mol. The topological polar surface area (TPSA) is 75.7 Å². The van der Waals surface area contributed by atoms with Gasteiger partial charge in [-0.2, -0.15) is 13.2 Å². The van der Waals surface area contributed by atoms with Crippen LogP contribution in [0.2, 0.25) is 0 Å². The Morgan fingerprint density at radius 2 is 1.46 bits per heavy atom. The van der Waals surface area contributed by atoms with E-state index >= 15 is 0 Å². The van der Waals surface area contributed by atoms with Crippen LogP contribution in [0.15, 0.2) is 78.9 Å². The Morgan fingerprint density at radius 1 is 0.838 bits per heavy atom. The highest BCUT2D eigenvalue weighted by Crippen LogP contribution is 2.29. The maximum Gasteiger partial charge on any atom is 0.416 e. The number of amides is 2. The van der Waals surface area contributed by atoms with Gasteiger partial charge >= 0.3 is 6.18 Å². The summed E-state index contributed by atoms with van der Waals surface area (Å²) in [5.41, 5.74) is 0.194. The van der Waals surface area contributed by atoms with Crippen molar-refractivity contribution in [1.82, 2.24) is 10.2 Å². The van der Waals surface area contributed by atoms with Crippen LogP contribution in [0.25, 0.3) is 0 Å². The number of nitrogens with zero attached hydrogens (tertiary/aromatic N) is 1. The monoisotopic (exact) mass is 510 g/mol. The van der Waals surface area contributed by atoms with E-state index in [1.165, 1.54) is 12.1 Å². The fourth-order valence-electron chi connectivity index (χ4n) is 4.08. The van der Waals surface area contributed by atoms with E-state index in [0.29, 0.717) is 42.8 Å². The lowest BCUT2D eigenvalue weighted by atomic mass is 10.0. The predicted octanol–water partition coefficient (Wildman–Crippen LogP) is 5.00. The number of hydrogen-bond donors (Lipinski definition) is 1. The highest BCUT2D eigenvalue weighted by Gasteiger charge is 2.31. The van der Waals surface area contributed by atoms with Crippen molar-refractivity contribution >= 4 is 17.6 Å². The zero-order valence-electron chi connectivity index (χ0n) is 19.8. The highest BCUT2D eigenvalue weighted by atomic mass is 19.4. The number of rotatable bonds is 7. The second-order valence-corrected chi connectivity index (χ2v) is 8.65. The molecule has 1 saturated heterocycles. The molecule has 0 radical (unpaired) electrons. The van der Waals surface area contributed by atoms with Gasteiger partial charge < -0.3 is 15.0 Å². The Morgan fingerprint density at radius 3 is 2.11 bits per heavy atom. The smallest absolute Gasteiger partial charge is 0.416 e. The Balaban J connectivity index is 1.32. The summed E-state index contributed by atoms with van der Waals surface area (Å²) in [5.74, 6) is -0.609. The Kier molecular flexibility index (Phi) is 7.91. The SMILES string of the molecule is O=C(CNC(=O)c1ccccc1OC1CCN(C(=O)c2ccc(C(F)(F)F)cc2)CC1)c1ccccc1. The molecule has 192 valence electrons. The van der Waals surface area contributed by atoms with Crippen molar-refractivity contribution in [3.8, 4) is 5.75 Å². The lowest BCUT2D eigenvalue weighted by Gasteiger charge is -2.32. The number of nitrogens with one attached hydrogen (secondary N) is 1. The molecular formula is C28H25F3N2O4. The first-order valence-corrected chi connectivity index (χ1v) is 11.8. The summed E-state index contributed by atoms with van der Waals surface area (Å²) in [4.78, 5) is 39.4. The van der Waals surface area contributed by atoms with Crippen LogP contribution in [-0.2, 0) is 6.18 Å². The summed E-state index contributed by atoms with van der Waals surface area (Å²) in [7, 11) is 0. The molecule has 0 aromatic heterocycles. The molecule has 0 saturated carbocycles. The normalized spacial score (nSPS) is 14.2. The van der Waals surface area contributed by atoms with Gasteiger partial charge in [0.2, 0.25) is 0 Å². The van der Waals surface area contributed by atoms with Crippen molar-refractivity contribution in [2.75, 3.05) is 19.6 Å². The second kappa shape index (κ2) is 11.3. The molecule has 1 N–H and O–H groups in total. The molecule has 0 spiro atoms. The fraction of sp³-hybridized carbons (Fsp3) is 0.250. The third-order valence-electron chi connectivity index (χ3n) is 6.12. The molecule has 0 atom stereocenters. The number of likely N-dealkylation sites (tertiary alicyclic amines) is 1. The molecule has 3 aromatic rings. The fourth-order valence-corrected chi connectivity index (χ4v) is 4.08. The maximum atomic E-state index is 12.8. The van der Waals surface area contributed by atoms with E-state index in [4.69, 9.17) is 4.74 Å². The van der Waals surface area contributed by atoms with E-state index in [0.717, 1.165) is 12.1 Å². The van der Waals surface area contributed by atoms with Crippen LogP contribution in [0.4, 0.5) is 13.2 Å². The number of carbonyl (C=O) groups is 3. The van der Waals surface area contributed by atoms with E-state index in [2.05, 4.69) is 5.32 Å². The van der Waals surface area contributed by atoms with E-state index < -0.39 is 17.6 Å². The van der Waals surface area contributed by atoms with E-state index in [1.807, 2.05) is 0 Å². The van der Waals surface area contributed by atoms with Crippen LogP contribution < -0.4 is 10.1 Å². The summed E-state index contributed by atoms with van der Waals surface area (Å²) < 4.78 is 44.4. The number of carbonyl (C=O) groups excluding carboxylic acids is 3. The van der Waals surface area contributed by atoms with Gasteiger partial charge in [0, 0.05) is 37.1 Å². The minimum Gasteiger partial charge on any atom is -0.489 e. The number of para-hydroxylation sites is 1. The summed E-state index contributed by atoms with van der Waals surface area (Å²) in [6.07, 6.45) is -3.72. The zero-order valence-corrected chi connectivity index (χ0v) is 19.8. The number of halogens is 3. The Hall–Kier alpha value is -4.14. The van der Waals surface area contributed by atoms with Crippen LogP contribution in [0.5, 0.6) is 5.75 Å². The number of ether oxygens (including phenoxy) is 1. The summed E-state index contributed by atoms with van der Waals surface area (Å²) in [6.45, 7) is 0.580. The molecule has 3 aromatic carbocycles. The molecule has 1 aliphatic rings. The van der Waals surface area contributed by atoms with Crippen molar-refractivity contribution in [2.24, 2.45) is 0 Å². The number of Topliss-reactive ketones (excluding diaryl/α,β-unsaturated/α-hetero) is 1. The van der Waals surface area contributed by atoms with Crippen LogP contribution in [-0.4, -0.2) is 48.2 Å². The van der Waals surface area contributed by atoms with Crippen LogP contribution in [0.3, 0.4) is 0 Å². The van der Waals surface area contributed by atoms with Crippen molar-refractivity contribution in [3.05, 3.63) is 101 Å². The lowest BCUT2D eigenvalue weighted by Crippen LogP contribution is -2.42. The molecule has 1 heterocycles. The van der Waals surface area contributed by atoms with E-state index in [-0.39, 0.29) is 29.9 Å². The van der Waals surface area contributed by atoms with Crippen LogP contribution in [0, 0.1) is 0 Å². The molecule has 37 heavy (non-hydrogen) atoms. The third kappa shape index (κ3) is 6.55. The molecule has 0 unspecified atom stereocenters. The molecule has 1 aliphatic heterocycles. The number of ketones is 1. The number of piperidine rings is 1. The average Bonchev–Trinajstić information content (AvgIpc) is 2.92. The summed E-state index contributed by atoms with van der Waals surface area (Å²) in [6, 6.07) is 19.6. The minimum atomic E-state index is -4.46. The van der Waals surface area contributed by atoms with Gasteiger partial charge in [0.05, 0.1) is 17.7 Å². The first kappa shape index (κ1) is 25.9. The standard InChI is InChI=1S/C28H25F3N2O4/c29-28(30,31)21-12-10-20(11-13-21)27(36)33-16-14-22(15-17-33)37-25-9-5-4-8-23(25)26(35)32-18-24(34)19-6-2-1-3-7-19/h1-13,22H,14-18H2,(H,32,35). The number of benzene rings is 3. The Labute approximate surface area is 212 Å². The van der Waals surface area contributed by atoms with Crippen molar-refractivity contribution in [3.63, 3.8) is 0 Å².